The average molecular weight is 363 g/mol. The first-order valence-electron chi connectivity index (χ1n) is 8.72. The number of benzene rings is 1. The second-order valence-corrected chi connectivity index (χ2v) is 6.70. The molecule has 0 spiro atoms. The van der Waals surface area contributed by atoms with Crippen molar-refractivity contribution >= 4 is 21.8 Å². The number of rotatable bonds is 3. The monoisotopic (exact) mass is 363 g/mol. The van der Waals surface area contributed by atoms with E-state index in [1.54, 1.807) is 10.6 Å². The Morgan fingerprint density at radius 2 is 1.85 bits per heavy atom. The molecule has 1 aromatic carbocycles. The van der Waals surface area contributed by atoms with E-state index in [0.29, 0.717) is 25.1 Å². The summed E-state index contributed by atoms with van der Waals surface area (Å²) in [5.74, 6) is 0. The third-order valence-corrected chi connectivity index (χ3v) is 4.95. The fourth-order valence-corrected chi connectivity index (χ4v) is 3.85. The largest absolute Gasteiger partial charge is 0.435 e. The normalized spacial score (nSPS) is 17.8. The van der Waals surface area contributed by atoms with E-state index in [-0.39, 0.29) is 11.6 Å². The summed E-state index contributed by atoms with van der Waals surface area (Å²) in [5, 5.41) is 1.42. The minimum atomic E-state index is -4.50. The molecule has 0 aliphatic carbocycles. The highest BCUT2D eigenvalue weighted by Crippen LogP contribution is 2.39. The SMILES string of the molecule is CC(CN1CCOCC1)n1c2ccccc2c2ccnc(C(F)(F)F)c21. The molecule has 7 heteroatoms. The first kappa shape index (κ1) is 17.3. The van der Waals surface area contributed by atoms with Crippen molar-refractivity contribution in [2.45, 2.75) is 19.1 Å². The molecule has 0 bridgehead atoms. The average Bonchev–Trinajstić information content (AvgIpc) is 2.96. The topological polar surface area (TPSA) is 30.3 Å². The van der Waals surface area contributed by atoms with Gasteiger partial charge in [0.05, 0.1) is 18.7 Å². The van der Waals surface area contributed by atoms with E-state index >= 15 is 0 Å². The van der Waals surface area contributed by atoms with E-state index < -0.39 is 11.9 Å². The van der Waals surface area contributed by atoms with Gasteiger partial charge in [0.15, 0.2) is 5.69 Å². The number of alkyl halides is 3. The molecule has 26 heavy (non-hydrogen) atoms. The van der Waals surface area contributed by atoms with Crippen molar-refractivity contribution in [3.8, 4) is 0 Å². The van der Waals surface area contributed by atoms with Crippen LogP contribution in [-0.2, 0) is 10.9 Å². The van der Waals surface area contributed by atoms with Crippen molar-refractivity contribution < 1.29 is 17.9 Å². The maximum Gasteiger partial charge on any atom is 0.435 e. The fourth-order valence-electron chi connectivity index (χ4n) is 3.85. The van der Waals surface area contributed by atoms with Crippen LogP contribution < -0.4 is 0 Å². The van der Waals surface area contributed by atoms with Gasteiger partial charge in [-0.05, 0) is 19.1 Å². The Kier molecular flexibility index (Phi) is 4.36. The molecule has 0 radical (unpaired) electrons. The fraction of sp³-hybridized carbons (Fsp3) is 0.421. The van der Waals surface area contributed by atoms with Crippen LogP contribution >= 0.6 is 0 Å². The van der Waals surface area contributed by atoms with Crippen molar-refractivity contribution in [2.75, 3.05) is 32.8 Å². The number of ether oxygens (including phenoxy) is 1. The zero-order valence-electron chi connectivity index (χ0n) is 14.5. The number of hydrogen-bond acceptors (Lipinski definition) is 3. The smallest absolute Gasteiger partial charge is 0.379 e. The summed E-state index contributed by atoms with van der Waals surface area (Å²) in [6, 6.07) is 9.01. The number of halogens is 3. The van der Waals surface area contributed by atoms with E-state index in [1.807, 2.05) is 31.2 Å². The molecule has 0 amide bonds. The van der Waals surface area contributed by atoms with Gasteiger partial charge in [-0.2, -0.15) is 13.2 Å². The molecule has 3 heterocycles. The second kappa shape index (κ2) is 6.55. The molecule has 1 aliphatic rings. The summed E-state index contributed by atoms with van der Waals surface area (Å²) in [6.07, 6.45) is -3.25. The first-order chi connectivity index (χ1) is 12.5. The zero-order chi connectivity index (χ0) is 18.3. The summed E-state index contributed by atoms with van der Waals surface area (Å²) < 4.78 is 48.1. The Bertz CT molecular complexity index is 929. The summed E-state index contributed by atoms with van der Waals surface area (Å²) in [6.45, 7) is 5.56. The molecule has 4 nitrogen and oxygen atoms in total. The molecule has 1 saturated heterocycles. The number of fused-ring (bicyclic) bond motifs is 3. The Balaban J connectivity index is 1.90. The van der Waals surface area contributed by atoms with Crippen LogP contribution in [0.25, 0.3) is 21.8 Å². The lowest BCUT2D eigenvalue weighted by Gasteiger charge is -2.30. The van der Waals surface area contributed by atoms with Crippen LogP contribution in [0.4, 0.5) is 13.2 Å². The van der Waals surface area contributed by atoms with Gasteiger partial charge in [0.1, 0.15) is 0 Å². The Hall–Kier alpha value is -2.12. The zero-order valence-corrected chi connectivity index (χ0v) is 14.5. The van der Waals surface area contributed by atoms with Gasteiger partial charge in [-0.1, -0.05) is 18.2 Å². The lowest BCUT2D eigenvalue weighted by atomic mass is 10.1. The maximum atomic E-state index is 13.6. The van der Waals surface area contributed by atoms with Crippen LogP contribution in [0.5, 0.6) is 0 Å². The highest BCUT2D eigenvalue weighted by molar-refractivity contribution is 6.08. The van der Waals surface area contributed by atoms with Crippen molar-refractivity contribution in [3.05, 3.63) is 42.2 Å². The van der Waals surface area contributed by atoms with Crippen LogP contribution in [-0.4, -0.2) is 47.3 Å². The highest BCUT2D eigenvalue weighted by atomic mass is 19.4. The van der Waals surface area contributed by atoms with Crippen molar-refractivity contribution in [3.63, 3.8) is 0 Å². The van der Waals surface area contributed by atoms with Crippen molar-refractivity contribution in [1.29, 1.82) is 0 Å². The van der Waals surface area contributed by atoms with Crippen LogP contribution in [0.3, 0.4) is 0 Å². The first-order valence-corrected chi connectivity index (χ1v) is 8.72. The number of nitrogens with zero attached hydrogens (tertiary/aromatic N) is 3. The lowest BCUT2D eigenvalue weighted by Crippen LogP contribution is -2.39. The maximum absolute atomic E-state index is 13.6. The van der Waals surface area contributed by atoms with Gasteiger partial charge >= 0.3 is 6.18 Å². The van der Waals surface area contributed by atoms with Crippen LogP contribution in [0.15, 0.2) is 36.5 Å². The van der Waals surface area contributed by atoms with Crippen molar-refractivity contribution in [1.82, 2.24) is 14.5 Å². The molecule has 1 atom stereocenters. The highest BCUT2D eigenvalue weighted by Gasteiger charge is 2.37. The molecule has 1 aliphatic heterocycles. The van der Waals surface area contributed by atoms with E-state index in [1.165, 1.54) is 6.20 Å². The van der Waals surface area contributed by atoms with Crippen LogP contribution in [0.1, 0.15) is 18.7 Å². The summed E-state index contributed by atoms with van der Waals surface area (Å²) in [4.78, 5) is 5.92. The molecular weight excluding hydrogens is 343 g/mol. The minimum absolute atomic E-state index is 0.124. The van der Waals surface area contributed by atoms with Gasteiger partial charge in [0.2, 0.25) is 0 Å². The third-order valence-electron chi connectivity index (χ3n) is 4.95. The van der Waals surface area contributed by atoms with Gasteiger partial charge in [0, 0.05) is 48.2 Å². The molecule has 3 aromatic rings. The van der Waals surface area contributed by atoms with Crippen LogP contribution in [0, 0.1) is 0 Å². The van der Waals surface area contributed by atoms with Gasteiger partial charge < -0.3 is 9.30 Å². The van der Waals surface area contributed by atoms with Crippen molar-refractivity contribution in [2.24, 2.45) is 0 Å². The minimum Gasteiger partial charge on any atom is -0.379 e. The van der Waals surface area contributed by atoms with E-state index in [2.05, 4.69) is 9.88 Å². The van der Waals surface area contributed by atoms with Gasteiger partial charge in [-0.15, -0.1) is 0 Å². The summed E-state index contributed by atoms with van der Waals surface area (Å²) in [5.41, 5.74) is 0.156. The summed E-state index contributed by atoms with van der Waals surface area (Å²) >= 11 is 0. The lowest BCUT2D eigenvalue weighted by molar-refractivity contribution is -0.140. The van der Waals surface area contributed by atoms with E-state index in [4.69, 9.17) is 4.74 Å². The Morgan fingerprint density at radius 3 is 2.58 bits per heavy atom. The third kappa shape index (κ3) is 2.95. The molecule has 2 aromatic heterocycles. The molecule has 1 unspecified atom stereocenters. The molecule has 4 rings (SSSR count). The summed E-state index contributed by atoms with van der Waals surface area (Å²) in [7, 11) is 0. The number of aromatic nitrogens is 2. The number of para-hydroxylation sites is 1. The number of morpholine rings is 1. The van der Waals surface area contributed by atoms with E-state index in [0.717, 1.165) is 24.0 Å². The molecule has 1 fully saturated rings. The Labute approximate surface area is 149 Å². The van der Waals surface area contributed by atoms with Crippen LogP contribution in [0.2, 0.25) is 0 Å². The molecular formula is C19H20F3N3O. The molecule has 0 N–H and O–H groups in total. The molecule has 0 saturated carbocycles. The number of hydrogen-bond donors (Lipinski definition) is 0. The predicted molar refractivity (Wildman–Crippen MR) is 94.2 cm³/mol. The van der Waals surface area contributed by atoms with Gasteiger partial charge in [-0.3, -0.25) is 4.90 Å². The molecule has 138 valence electrons. The van der Waals surface area contributed by atoms with Gasteiger partial charge in [-0.25, -0.2) is 4.98 Å². The van der Waals surface area contributed by atoms with E-state index in [9.17, 15) is 13.2 Å². The number of pyridine rings is 1. The quantitative estimate of drug-likeness (QED) is 0.702. The predicted octanol–water partition coefficient (Wildman–Crippen LogP) is 4.10. The second-order valence-electron chi connectivity index (χ2n) is 6.70. The Morgan fingerprint density at radius 1 is 1.12 bits per heavy atom. The van der Waals surface area contributed by atoms with Gasteiger partial charge in [0.25, 0.3) is 0 Å². The standard InChI is InChI=1S/C19H20F3N3O/c1-13(12-24-8-10-26-11-9-24)25-16-5-3-2-4-14(16)15-6-7-23-18(17(15)25)19(20,21)22/h2-7,13H,8-12H2,1H3.